The average molecular weight is 205 g/mol. The summed E-state index contributed by atoms with van der Waals surface area (Å²) < 4.78 is 0.577. The maximum Gasteiger partial charge on any atom is 0.113 e. The first-order valence-electron chi connectivity index (χ1n) is 5.07. The minimum absolute atomic E-state index is 0.577. The van der Waals surface area contributed by atoms with Crippen molar-refractivity contribution in [3.8, 4) is 0 Å². The standard InChI is InChI=1S/C12H19N3/c1-11(13-2)14-15(3,4)10-12-8-6-5-7-9-12/h5-9H,10H2,1-4H3. The van der Waals surface area contributed by atoms with Crippen LogP contribution in [-0.4, -0.2) is 31.6 Å². The van der Waals surface area contributed by atoms with Gasteiger partial charge in [-0.05, 0) is 12.8 Å². The number of hydrogen-bond donors (Lipinski definition) is 0. The lowest BCUT2D eigenvalue weighted by molar-refractivity contribution is -0.862. The minimum atomic E-state index is 0.577. The molecule has 1 aromatic rings. The summed E-state index contributed by atoms with van der Waals surface area (Å²) in [5, 5.41) is 0. The Morgan fingerprint density at radius 3 is 2.40 bits per heavy atom. The van der Waals surface area contributed by atoms with Crippen molar-refractivity contribution in [2.45, 2.75) is 13.5 Å². The second-order valence-electron chi connectivity index (χ2n) is 4.14. The number of quaternary nitrogens is 1. The fraction of sp³-hybridized carbons (Fsp3) is 0.417. The highest BCUT2D eigenvalue weighted by Crippen LogP contribution is 2.14. The highest BCUT2D eigenvalue weighted by atomic mass is 15.6. The molecule has 15 heavy (non-hydrogen) atoms. The zero-order valence-corrected chi connectivity index (χ0v) is 9.94. The third kappa shape index (κ3) is 4.13. The Labute approximate surface area is 92.0 Å². The largest absolute Gasteiger partial charge is 0.469 e. The summed E-state index contributed by atoms with van der Waals surface area (Å²) in [6, 6.07) is 10.4. The van der Waals surface area contributed by atoms with E-state index >= 15 is 0 Å². The van der Waals surface area contributed by atoms with Crippen LogP contribution in [-0.2, 0) is 6.54 Å². The first kappa shape index (κ1) is 11.7. The lowest BCUT2D eigenvalue weighted by Crippen LogP contribution is -2.35. The maximum atomic E-state index is 4.51. The van der Waals surface area contributed by atoms with Gasteiger partial charge in [-0.1, -0.05) is 37.4 Å². The number of rotatable bonds is 3. The molecule has 0 radical (unpaired) electrons. The highest BCUT2D eigenvalue weighted by molar-refractivity contribution is 5.89. The van der Waals surface area contributed by atoms with Crippen LogP contribution < -0.4 is 0 Å². The SMILES string of the molecule is CN=C(C)[N-][N+](C)(C)Cc1ccccc1. The summed E-state index contributed by atoms with van der Waals surface area (Å²) >= 11 is 0. The van der Waals surface area contributed by atoms with Gasteiger partial charge in [0.25, 0.3) is 0 Å². The van der Waals surface area contributed by atoms with Crippen LogP contribution in [0.2, 0.25) is 0 Å². The van der Waals surface area contributed by atoms with E-state index in [1.54, 1.807) is 7.05 Å². The molecular formula is C12H19N3. The number of nitrogens with zero attached hydrogens (tertiary/aromatic N) is 3. The van der Waals surface area contributed by atoms with Gasteiger partial charge in [-0.15, -0.1) is 0 Å². The Kier molecular flexibility index (Phi) is 3.86. The molecule has 82 valence electrons. The molecule has 0 spiro atoms. The van der Waals surface area contributed by atoms with Crippen LogP contribution in [0, 0.1) is 0 Å². The Hall–Kier alpha value is -1.35. The van der Waals surface area contributed by atoms with Crippen LogP contribution in [0.1, 0.15) is 12.5 Å². The highest BCUT2D eigenvalue weighted by Gasteiger charge is 2.11. The van der Waals surface area contributed by atoms with Crippen molar-refractivity contribution in [3.05, 3.63) is 41.3 Å². The van der Waals surface area contributed by atoms with Gasteiger partial charge in [-0.25, -0.2) is 0 Å². The van der Waals surface area contributed by atoms with E-state index in [1.807, 2.05) is 13.0 Å². The van der Waals surface area contributed by atoms with E-state index in [1.165, 1.54) is 5.56 Å². The van der Waals surface area contributed by atoms with Crippen molar-refractivity contribution < 1.29 is 4.59 Å². The normalized spacial score (nSPS) is 12.7. The van der Waals surface area contributed by atoms with E-state index in [0.717, 1.165) is 12.4 Å². The lowest BCUT2D eigenvalue weighted by Gasteiger charge is -2.35. The molecule has 3 nitrogen and oxygen atoms in total. The van der Waals surface area contributed by atoms with Crippen LogP contribution in [0.25, 0.3) is 5.43 Å². The molecular weight excluding hydrogens is 186 g/mol. The van der Waals surface area contributed by atoms with Crippen molar-refractivity contribution in [1.82, 2.24) is 0 Å². The van der Waals surface area contributed by atoms with E-state index < -0.39 is 0 Å². The summed E-state index contributed by atoms with van der Waals surface area (Å²) in [6.45, 7) is 2.80. The Bertz CT molecular complexity index is 328. The van der Waals surface area contributed by atoms with E-state index in [-0.39, 0.29) is 0 Å². The van der Waals surface area contributed by atoms with Gasteiger partial charge in [0, 0.05) is 5.56 Å². The number of amidine groups is 1. The number of aliphatic imine (C=N–C) groups is 1. The third-order valence-electron chi connectivity index (χ3n) is 2.15. The van der Waals surface area contributed by atoms with E-state index in [0.29, 0.717) is 4.59 Å². The van der Waals surface area contributed by atoms with E-state index in [4.69, 9.17) is 0 Å². The fourth-order valence-electron chi connectivity index (χ4n) is 1.50. The molecule has 1 rings (SSSR count). The minimum Gasteiger partial charge on any atom is -0.469 e. The number of benzene rings is 1. The molecule has 0 unspecified atom stereocenters. The second-order valence-corrected chi connectivity index (χ2v) is 4.14. The molecule has 0 saturated carbocycles. The molecule has 0 saturated heterocycles. The second kappa shape index (κ2) is 4.94. The first-order valence-corrected chi connectivity index (χ1v) is 5.07. The Morgan fingerprint density at radius 1 is 1.27 bits per heavy atom. The molecule has 1 aromatic carbocycles. The predicted octanol–water partition coefficient (Wildman–Crippen LogP) is 2.60. The summed E-state index contributed by atoms with van der Waals surface area (Å²) in [5.74, 6) is 0.830. The topological polar surface area (TPSA) is 26.5 Å². The molecule has 0 aliphatic heterocycles. The van der Waals surface area contributed by atoms with Gasteiger partial charge < -0.3 is 4.99 Å². The zero-order valence-electron chi connectivity index (χ0n) is 9.94. The van der Waals surface area contributed by atoms with Crippen LogP contribution in [0.15, 0.2) is 35.3 Å². The van der Waals surface area contributed by atoms with Gasteiger partial charge in [0.05, 0.1) is 14.1 Å². The number of hydrogen-bond acceptors (Lipinski definition) is 1. The fourth-order valence-corrected chi connectivity index (χ4v) is 1.50. The van der Waals surface area contributed by atoms with E-state index in [2.05, 4.69) is 48.8 Å². The van der Waals surface area contributed by atoms with Crippen LogP contribution in [0.3, 0.4) is 0 Å². The lowest BCUT2D eigenvalue weighted by atomic mass is 10.2. The van der Waals surface area contributed by atoms with E-state index in [9.17, 15) is 0 Å². The third-order valence-corrected chi connectivity index (χ3v) is 2.15. The van der Waals surface area contributed by atoms with Crippen LogP contribution in [0.5, 0.6) is 0 Å². The molecule has 0 N–H and O–H groups in total. The zero-order chi connectivity index (χ0) is 11.3. The Morgan fingerprint density at radius 2 is 1.87 bits per heavy atom. The molecule has 0 aromatic heterocycles. The predicted molar refractivity (Wildman–Crippen MR) is 64.6 cm³/mol. The monoisotopic (exact) mass is 205 g/mol. The van der Waals surface area contributed by atoms with Gasteiger partial charge >= 0.3 is 0 Å². The van der Waals surface area contributed by atoms with Crippen LogP contribution >= 0.6 is 0 Å². The molecule has 0 aliphatic rings. The average Bonchev–Trinajstić information content (AvgIpc) is 2.17. The summed E-state index contributed by atoms with van der Waals surface area (Å²) in [6.07, 6.45) is 0. The summed E-state index contributed by atoms with van der Waals surface area (Å²) in [4.78, 5) is 4.05. The van der Waals surface area contributed by atoms with Crippen molar-refractivity contribution in [2.75, 3.05) is 21.1 Å². The summed E-state index contributed by atoms with van der Waals surface area (Å²) in [5.41, 5.74) is 5.80. The Balaban J connectivity index is 2.64. The molecule has 3 heteroatoms. The molecule has 0 bridgehead atoms. The molecule has 0 heterocycles. The van der Waals surface area contributed by atoms with Crippen molar-refractivity contribution in [2.24, 2.45) is 4.99 Å². The van der Waals surface area contributed by atoms with Crippen molar-refractivity contribution >= 4 is 5.84 Å². The molecule has 0 fully saturated rings. The summed E-state index contributed by atoms with van der Waals surface area (Å²) in [7, 11) is 5.91. The molecule has 0 atom stereocenters. The first-order chi connectivity index (χ1) is 7.03. The van der Waals surface area contributed by atoms with Gasteiger partial charge in [-0.3, -0.25) is 10.0 Å². The smallest absolute Gasteiger partial charge is 0.113 e. The van der Waals surface area contributed by atoms with Crippen molar-refractivity contribution in [3.63, 3.8) is 0 Å². The van der Waals surface area contributed by atoms with Crippen molar-refractivity contribution in [1.29, 1.82) is 0 Å². The quantitative estimate of drug-likeness (QED) is 0.314. The van der Waals surface area contributed by atoms with Gasteiger partial charge in [0.1, 0.15) is 6.54 Å². The molecule has 0 aliphatic carbocycles. The van der Waals surface area contributed by atoms with Gasteiger partial charge in [-0.2, -0.15) is 0 Å². The van der Waals surface area contributed by atoms with Gasteiger partial charge in [0.15, 0.2) is 0 Å². The maximum absolute atomic E-state index is 4.51. The van der Waals surface area contributed by atoms with Gasteiger partial charge in [0.2, 0.25) is 0 Å². The molecule has 0 amide bonds. The van der Waals surface area contributed by atoms with Crippen LogP contribution in [0.4, 0.5) is 0 Å².